The number of fused-ring (bicyclic) bond motifs is 2. The molecule has 36 heavy (non-hydrogen) atoms. The highest BCUT2D eigenvalue weighted by Gasteiger charge is 2.15. The van der Waals surface area contributed by atoms with Crippen LogP contribution in [0.3, 0.4) is 0 Å². The summed E-state index contributed by atoms with van der Waals surface area (Å²) in [6.07, 6.45) is 9.05. The molecule has 8 heteroatoms. The van der Waals surface area contributed by atoms with Gasteiger partial charge in [0.1, 0.15) is 5.69 Å². The Balaban J connectivity index is 1.38. The molecule has 0 radical (unpaired) electrons. The van der Waals surface area contributed by atoms with Crippen LogP contribution in [0.1, 0.15) is 20.3 Å². The van der Waals surface area contributed by atoms with Crippen LogP contribution in [0.5, 0.6) is 0 Å². The van der Waals surface area contributed by atoms with Crippen LogP contribution >= 0.6 is 0 Å². The van der Waals surface area contributed by atoms with Gasteiger partial charge in [-0.25, -0.2) is 0 Å². The molecular weight excluding hydrogens is 452 g/mol. The smallest absolute Gasteiger partial charge is 0.224 e. The number of rotatable bonds is 6. The van der Waals surface area contributed by atoms with Crippen molar-refractivity contribution in [3.63, 3.8) is 0 Å². The van der Waals surface area contributed by atoms with Gasteiger partial charge < -0.3 is 14.7 Å². The fourth-order valence-corrected chi connectivity index (χ4v) is 4.46. The van der Waals surface area contributed by atoms with Gasteiger partial charge in [-0.1, -0.05) is 19.9 Å². The van der Waals surface area contributed by atoms with Crippen LogP contribution in [0.15, 0.2) is 78.0 Å². The molecule has 0 bridgehead atoms. The number of benzene rings is 1. The molecule has 0 atom stereocenters. The minimum atomic E-state index is -0.0142. The summed E-state index contributed by atoms with van der Waals surface area (Å²) in [7, 11) is 0. The van der Waals surface area contributed by atoms with Crippen LogP contribution in [-0.2, 0) is 4.79 Å². The Labute approximate surface area is 206 Å². The number of aromatic nitrogens is 5. The summed E-state index contributed by atoms with van der Waals surface area (Å²) in [6, 6.07) is 14.0. The van der Waals surface area contributed by atoms with Crippen LogP contribution in [0.2, 0.25) is 0 Å². The molecule has 6 aromatic rings. The number of pyridine rings is 2. The van der Waals surface area contributed by atoms with Crippen LogP contribution in [-0.4, -0.2) is 31.1 Å². The second kappa shape index (κ2) is 8.81. The van der Waals surface area contributed by atoms with E-state index in [-0.39, 0.29) is 5.91 Å². The summed E-state index contributed by atoms with van der Waals surface area (Å²) in [5, 5.41) is 12.7. The Morgan fingerprint density at radius 1 is 0.972 bits per heavy atom. The molecule has 0 aliphatic heterocycles. The largest absolute Gasteiger partial charge is 0.472 e. The van der Waals surface area contributed by atoms with Gasteiger partial charge in [-0.15, -0.1) is 0 Å². The van der Waals surface area contributed by atoms with E-state index in [1.807, 2.05) is 44.2 Å². The number of carbonyl (C=O) groups is 1. The van der Waals surface area contributed by atoms with Crippen molar-refractivity contribution in [3.05, 3.63) is 73.6 Å². The van der Waals surface area contributed by atoms with Gasteiger partial charge in [-0.2, -0.15) is 5.10 Å². The lowest BCUT2D eigenvalue weighted by Crippen LogP contribution is -2.13. The highest BCUT2D eigenvalue weighted by atomic mass is 16.3. The molecule has 0 spiro atoms. The zero-order chi connectivity index (χ0) is 24.6. The molecule has 5 aromatic heterocycles. The molecule has 0 aliphatic carbocycles. The summed E-state index contributed by atoms with van der Waals surface area (Å²) >= 11 is 0. The fourth-order valence-electron chi connectivity index (χ4n) is 4.46. The maximum Gasteiger partial charge on any atom is 0.224 e. The van der Waals surface area contributed by atoms with Crippen molar-refractivity contribution in [3.8, 4) is 33.8 Å². The van der Waals surface area contributed by atoms with Gasteiger partial charge in [0.25, 0.3) is 0 Å². The molecule has 178 valence electrons. The third-order valence-corrected chi connectivity index (χ3v) is 6.11. The maximum absolute atomic E-state index is 12.2. The van der Waals surface area contributed by atoms with E-state index in [4.69, 9.17) is 4.42 Å². The highest BCUT2D eigenvalue weighted by molar-refractivity contribution is 6.01. The third-order valence-electron chi connectivity index (χ3n) is 6.11. The van der Waals surface area contributed by atoms with Crippen LogP contribution in [0, 0.1) is 5.92 Å². The minimum absolute atomic E-state index is 0.0142. The lowest BCUT2D eigenvalue weighted by atomic mass is 10.0. The average Bonchev–Trinajstić information content (AvgIpc) is 3.62. The molecular formula is C28H24N6O2. The van der Waals surface area contributed by atoms with Gasteiger partial charge in [-0.3, -0.25) is 19.9 Å². The second-order valence-corrected chi connectivity index (χ2v) is 9.26. The average molecular weight is 477 g/mol. The van der Waals surface area contributed by atoms with Gasteiger partial charge >= 0.3 is 0 Å². The van der Waals surface area contributed by atoms with E-state index in [9.17, 15) is 4.79 Å². The van der Waals surface area contributed by atoms with Crippen molar-refractivity contribution >= 4 is 33.4 Å². The van der Waals surface area contributed by atoms with E-state index in [0.717, 1.165) is 55.6 Å². The van der Waals surface area contributed by atoms with Crippen molar-refractivity contribution in [1.29, 1.82) is 0 Å². The van der Waals surface area contributed by atoms with Gasteiger partial charge in [0, 0.05) is 46.2 Å². The van der Waals surface area contributed by atoms with Gasteiger partial charge in [0.2, 0.25) is 5.91 Å². The van der Waals surface area contributed by atoms with Gasteiger partial charge in [0.15, 0.2) is 0 Å². The Kier molecular flexibility index (Phi) is 5.33. The summed E-state index contributed by atoms with van der Waals surface area (Å²) in [5.74, 6) is 0.277. The first-order valence-corrected chi connectivity index (χ1v) is 11.8. The van der Waals surface area contributed by atoms with Gasteiger partial charge in [-0.05, 0) is 47.9 Å². The zero-order valence-electron chi connectivity index (χ0n) is 19.9. The van der Waals surface area contributed by atoms with Crippen molar-refractivity contribution < 1.29 is 9.21 Å². The predicted octanol–water partition coefficient (Wildman–Crippen LogP) is 6.41. The number of carbonyl (C=O) groups excluding carboxylic acids is 1. The monoisotopic (exact) mass is 476 g/mol. The number of furan rings is 1. The fraction of sp³-hybridized carbons (Fsp3) is 0.143. The molecule has 1 amide bonds. The first kappa shape index (κ1) is 21.8. The van der Waals surface area contributed by atoms with E-state index >= 15 is 0 Å². The summed E-state index contributed by atoms with van der Waals surface area (Å²) in [4.78, 5) is 24.6. The highest BCUT2D eigenvalue weighted by Crippen LogP contribution is 2.34. The zero-order valence-corrected chi connectivity index (χ0v) is 19.9. The Hall–Kier alpha value is -4.72. The normalized spacial score (nSPS) is 11.5. The van der Waals surface area contributed by atoms with Crippen molar-refractivity contribution in [2.75, 3.05) is 5.32 Å². The summed E-state index contributed by atoms with van der Waals surface area (Å²) < 4.78 is 5.26. The number of aromatic amines is 2. The molecule has 0 aliphatic rings. The molecule has 0 saturated carbocycles. The SMILES string of the molecule is CC(C)CC(=O)Nc1cncc(-c2ccc3[nH]nc(-c4cc5c(-c6ccoc6)nccc5[nH]4)c3c2)c1. The lowest BCUT2D eigenvalue weighted by molar-refractivity contribution is -0.116. The standard InChI is InChI=1S/C28H24N6O2/c1-16(2)9-26(35)31-20-10-19(13-29-14-20)17-3-4-24-21(11-17)28(34-33-24)25-12-22-23(32-25)5-7-30-27(22)18-6-8-36-15-18/h3-8,10-16,32H,9H2,1-2H3,(H,31,35)(H,33,34). The third kappa shape index (κ3) is 4.02. The van der Waals surface area contributed by atoms with E-state index in [1.54, 1.807) is 31.1 Å². The summed E-state index contributed by atoms with van der Waals surface area (Å²) in [5.41, 5.74) is 7.95. The van der Waals surface area contributed by atoms with Crippen LogP contribution < -0.4 is 5.32 Å². The molecule has 6 rings (SSSR count). The topological polar surface area (TPSA) is 112 Å². The van der Waals surface area contributed by atoms with Crippen molar-refractivity contribution in [2.45, 2.75) is 20.3 Å². The van der Waals surface area contributed by atoms with E-state index < -0.39 is 0 Å². The van der Waals surface area contributed by atoms with Crippen molar-refractivity contribution in [2.24, 2.45) is 5.92 Å². The van der Waals surface area contributed by atoms with E-state index in [0.29, 0.717) is 18.0 Å². The van der Waals surface area contributed by atoms with Crippen molar-refractivity contribution in [1.82, 2.24) is 25.1 Å². The number of hydrogen-bond donors (Lipinski definition) is 3. The van der Waals surface area contributed by atoms with E-state index in [1.165, 1.54) is 0 Å². The number of H-pyrrole nitrogens is 2. The lowest BCUT2D eigenvalue weighted by Gasteiger charge is -2.09. The van der Waals surface area contributed by atoms with Crippen LogP contribution in [0.25, 0.3) is 55.6 Å². The molecule has 3 N–H and O–H groups in total. The summed E-state index contributed by atoms with van der Waals surface area (Å²) in [6.45, 7) is 4.04. The molecule has 8 nitrogen and oxygen atoms in total. The molecule has 1 aromatic carbocycles. The first-order chi connectivity index (χ1) is 17.5. The Morgan fingerprint density at radius 3 is 2.69 bits per heavy atom. The number of anilines is 1. The molecule has 0 fully saturated rings. The van der Waals surface area contributed by atoms with E-state index in [2.05, 4.69) is 42.6 Å². The first-order valence-electron chi connectivity index (χ1n) is 11.8. The number of nitrogens with one attached hydrogen (secondary N) is 3. The minimum Gasteiger partial charge on any atom is -0.472 e. The quantitative estimate of drug-likeness (QED) is 0.257. The van der Waals surface area contributed by atoms with Crippen LogP contribution in [0.4, 0.5) is 5.69 Å². The van der Waals surface area contributed by atoms with Gasteiger partial charge in [0.05, 0.1) is 41.3 Å². The number of amides is 1. The Morgan fingerprint density at radius 2 is 1.86 bits per heavy atom. The number of nitrogens with zero attached hydrogens (tertiary/aromatic N) is 3. The molecule has 0 unspecified atom stereocenters. The molecule has 0 saturated heterocycles. The maximum atomic E-state index is 12.2. The molecule has 5 heterocycles. The predicted molar refractivity (Wildman–Crippen MR) is 140 cm³/mol. The number of hydrogen-bond acceptors (Lipinski definition) is 5. The second-order valence-electron chi connectivity index (χ2n) is 9.26. The Bertz CT molecular complexity index is 1690.